The maximum absolute atomic E-state index is 11.9. The molecule has 1 saturated carbocycles. The van der Waals surface area contributed by atoms with E-state index in [4.69, 9.17) is 25.8 Å². The molecule has 1 fully saturated rings. The number of methoxy groups -OCH3 is 1. The van der Waals surface area contributed by atoms with Gasteiger partial charge in [-0.15, -0.1) is 11.6 Å². The first-order valence-electron chi connectivity index (χ1n) is 12.4. The summed E-state index contributed by atoms with van der Waals surface area (Å²) in [6, 6.07) is 18.1. The second-order valence-corrected chi connectivity index (χ2v) is 9.47. The number of ether oxygens (including phenoxy) is 3. The predicted molar refractivity (Wildman–Crippen MR) is 143 cm³/mol. The molecule has 190 valence electrons. The minimum atomic E-state index is -0.528. The molecular weight excluding hydrogens is 478 g/mol. The lowest BCUT2D eigenvalue weighted by Crippen LogP contribution is -2.14. The van der Waals surface area contributed by atoms with Crippen molar-refractivity contribution in [1.29, 1.82) is 0 Å². The molecule has 4 rings (SSSR count). The number of carbonyl (C=O) groups is 2. The SMILES string of the molecule is COC(=O)CCc1ccc(OCC2CCCC2)c(-c2ccc3cc(NC(=O)OCCCl)ccc3c2)c1. The smallest absolute Gasteiger partial charge is 0.411 e. The van der Waals surface area contributed by atoms with E-state index < -0.39 is 6.09 Å². The van der Waals surface area contributed by atoms with Crippen molar-refractivity contribution in [3.63, 3.8) is 0 Å². The Morgan fingerprint density at radius 3 is 2.56 bits per heavy atom. The number of hydrogen-bond acceptors (Lipinski definition) is 5. The molecule has 36 heavy (non-hydrogen) atoms. The third kappa shape index (κ3) is 6.91. The van der Waals surface area contributed by atoms with E-state index in [2.05, 4.69) is 23.5 Å². The van der Waals surface area contributed by atoms with E-state index in [1.54, 1.807) is 0 Å². The normalized spacial score (nSPS) is 13.5. The van der Waals surface area contributed by atoms with Crippen molar-refractivity contribution >= 4 is 40.1 Å². The Balaban J connectivity index is 1.58. The summed E-state index contributed by atoms with van der Waals surface area (Å²) in [6.45, 7) is 0.880. The first-order chi connectivity index (χ1) is 17.6. The molecule has 0 radical (unpaired) electrons. The average molecular weight is 510 g/mol. The zero-order valence-electron chi connectivity index (χ0n) is 20.6. The summed E-state index contributed by atoms with van der Waals surface area (Å²) in [6.07, 6.45) is 5.40. The molecule has 7 heteroatoms. The molecule has 0 unspecified atom stereocenters. The van der Waals surface area contributed by atoms with Gasteiger partial charge in [0.25, 0.3) is 0 Å². The second-order valence-electron chi connectivity index (χ2n) is 9.09. The van der Waals surface area contributed by atoms with E-state index in [0.717, 1.165) is 39.8 Å². The van der Waals surface area contributed by atoms with Gasteiger partial charge in [-0.2, -0.15) is 0 Å². The zero-order valence-corrected chi connectivity index (χ0v) is 21.3. The van der Waals surface area contributed by atoms with Crippen molar-refractivity contribution in [2.75, 3.05) is 31.5 Å². The molecule has 1 N–H and O–H groups in total. The molecule has 0 bridgehead atoms. The molecule has 1 aliphatic rings. The summed E-state index contributed by atoms with van der Waals surface area (Å²) in [5.41, 5.74) is 3.74. The minimum absolute atomic E-state index is 0.161. The van der Waals surface area contributed by atoms with E-state index in [9.17, 15) is 9.59 Å². The van der Waals surface area contributed by atoms with Gasteiger partial charge < -0.3 is 14.2 Å². The van der Waals surface area contributed by atoms with Crippen LogP contribution in [-0.4, -0.2) is 38.3 Å². The topological polar surface area (TPSA) is 73.9 Å². The number of nitrogens with one attached hydrogen (secondary N) is 1. The molecule has 3 aromatic rings. The number of amides is 1. The summed E-state index contributed by atoms with van der Waals surface area (Å²) in [5.74, 6) is 1.49. The molecule has 0 atom stereocenters. The van der Waals surface area contributed by atoms with E-state index in [1.165, 1.54) is 32.8 Å². The number of anilines is 1. The van der Waals surface area contributed by atoms with Crippen molar-refractivity contribution in [3.8, 4) is 16.9 Å². The van der Waals surface area contributed by atoms with E-state index >= 15 is 0 Å². The lowest BCUT2D eigenvalue weighted by atomic mass is 9.97. The Morgan fingerprint density at radius 1 is 1.00 bits per heavy atom. The van der Waals surface area contributed by atoms with Crippen LogP contribution >= 0.6 is 11.6 Å². The van der Waals surface area contributed by atoms with Gasteiger partial charge in [0.2, 0.25) is 0 Å². The molecule has 0 saturated heterocycles. The Labute approximate surface area is 216 Å². The van der Waals surface area contributed by atoms with Crippen LogP contribution in [0.15, 0.2) is 54.6 Å². The molecular formula is C29H32ClNO5. The average Bonchev–Trinajstić information content (AvgIpc) is 3.43. The van der Waals surface area contributed by atoms with Gasteiger partial charge in [-0.1, -0.05) is 37.1 Å². The summed E-state index contributed by atoms with van der Waals surface area (Å²) >= 11 is 5.57. The van der Waals surface area contributed by atoms with Gasteiger partial charge in [-0.3, -0.25) is 10.1 Å². The van der Waals surface area contributed by atoms with Gasteiger partial charge in [-0.05, 0) is 77.4 Å². The Kier molecular flexibility index (Phi) is 9.06. The van der Waals surface area contributed by atoms with Crippen LogP contribution < -0.4 is 10.1 Å². The molecule has 0 aromatic heterocycles. The number of esters is 1. The number of alkyl halides is 1. The highest BCUT2D eigenvalue weighted by Gasteiger charge is 2.17. The fraction of sp³-hybridized carbons (Fsp3) is 0.379. The summed E-state index contributed by atoms with van der Waals surface area (Å²) in [5, 5.41) is 4.75. The Bertz CT molecular complexity index is 1210. The van der Waals surface area contributed by atoms with Crippen LogP contribution in [0.25, 0.3) is 21.9 Å². The summed E-state index contributed by atoms with van der Waals surface area (Å²) in [4.78, 5) is 23.5. The highest BCUT2D eigenvalue weighted by molar-refractivity contribution is 6.18. The van der Waals surface area contributed by atoms with Gasteiger partial charge >= 0.3 is 12.1 Å². The van der Waals surface area contributed by atoms with Crippen molar-refractivity contribution < 1.29 is 23.8 Å². The quantitative estimate of drug-likeness (QED) is 0.236. The Morgan fingerprint density at radius 2 is 1.78 bits per heavy atom. The van der Waals surface area contributed by atoms with Crippen LogP contribution in [0.4, 0.5) is 10.5 Å². The molecule has 6 nitrogen and oxygen atoms in total. The van der Waals surface area contributed by atoms with E-state index in [1.807, 2.05) is 36.4 Å². The summed E-state index contributed by atoms with van der Waals surface area (Å²) < 4.78 is 16.1. The largest absolute Gasteiger partial charge is 0.493 e. The fourth-order valence-electron chi connectivity index (χ4n) is 4.59. The number of fused-ring (bicyclic) bond motifs is 1. The highest BCUT2D eigenvalue weighted by atomic mass is 35.5. The Hall–Kier alpha value is -3.25. The van der Waals surface area contributed by atoms with Crippen LogP contribution in [0.2, 0.25) is 0 Å². The second kappa shape index (κ2) is 12.6. The molecule has 0 heterocycles. The monoisotopic (exact) mass is 509 g/mol. The maximum Gasteiger partial charge on any atom is 0.411 e. The first-order valence-corrected chi connectivity index (χ1v) is 13.0. The molecule has 3 aromatic carbocycles. The van der Waals surface area contributed by atoms with Crippen molar-refractivity contribution in [3.05, 3.63) is 60.2 Å². The van der Waals surface area contributed by atoms with E-state index in [-0.39, 0.29) is 18.5 Å². The van der Waals surface area contributed by atoms with Gasteiger partial charge in [0.05, 0.1) is 19.6 Å². The van der Waals surface area contributed by atoms with Crippen molar-refractivity contribution in [2.24, 2.45) is 5.92 Å². The van der Waals surface area contributed by atoms with Gasteiger partial charge in [-0.25, -0.2) is 4.79 Å². The van der Waals surface area contributed by atoms with Gasteiger partial charge in [0.15, 0.2) is 0 Å². The molecule has 0 aliphatic heterocycles. The van der Waals surface area contributed by atoms with Crippen LogP contribution in [0, 0.1) is 5.92 Å². The van der Waals surface area contributed by atoms with Crippen molar-refractivity contribution in [1.82, 2.24) is 0 Å². The maximum atomic E-state index is 11.9. The molecule has 1 amide bonds. The highest BCUT2D eigenvalue weighted by Crippen LogP contribution is 2.35. The number of carbonyl (C=O) groups excluding carboxylic acids is 2. The number of hydrogen-bond donors (Lipinski definition) is 1. The third-order valence-corrected chi connectivity index (χ3v) is 6.70. The van der Waals surface area contributed by atoms with Crippen LogP contribution in [0.3, 0.4) is 0 Å². The number of aryl methyl sites for hydroxylation is 1. The van der Waals surface area contributed by atoms with Crippen LogP contribution in [0.5, 0.6) is 5.75 Å². The first kappa shape index (κ1) is 25.8. The number of rotatable bonds is 10. The summed E-state index contributed by atoms with van der Waals surface area (Å²) in [7, 11) is 1.41. The fourth-order valence-corrected chi connectivity index (χ4v) is 4.67. The predicted octanol–water partition coefficient (Wildman–Crippen LogP) is 6.97. The van der Waals surface area contributed by atoms with Crippen LogP contribution in [-0.2, 0) is 20.7 Å². The minimum Gasteiger partial charge on any atom is -0.493 e. The lowest BCUT2D eigenvalue weighted by molar-refractivity contribution is -0.140. The number of halogens is 1. The van der Waals surface area contributed by atoms with Crippen molar-refractivity contribution in [2.45, 2.75) is 38.5 Å². The van der Waals surface area contributed by atoms with E-state index in [0.29, 0.717) is 24.4 Å². The van der Waals surface area contributed by atoms with Gasteiger partial charge in [0.1, 0.15) is 12.4 Å². The zero-order chi connectivity index (χ0) is 25.3. The van der Waals surface area contributed by atoms with Crippen LogP contribution in [0.1, 0.15) is 37.7 Å². The third-order valence-electron chi connectivity index (χ3n) is 6.55. The standard InChI is InChI=1S/C29H32ClNO5/c1-34-28(32)13-7-20-6-12-27(36-19-21-4-2-3-5-21)26(16-20)24-9-8-23-18-25(11-10-22(23)17-24)31-29(33)35-15-14-30/h6,8-12,16-18,21H,2-5,7,13-15,19H2,1H3,(H,31,33). The molecule has 1 aliphatic carbocycles. The van der Waals surface area contributed by atoms with Gasteiger partial charge in [0, 0.05) is 17.7 Å². The lowest BCUT2D eigenvalue weighted by Gasteiger charge is -2.17. The molecule has 0 spiro atoms. The number of benzene rings is 3.